The van der Waals surface area contributed by atoms with Gasteiger partial charge in [0.25, 0.3) is 0 Å². The Bertz CT molecular complexity index is 405. The Morgan fingerprint density at radius 3 is 2.88 bits per heavy atom. The second kappa shape index (κ2) is 5.72. The maximum Gasteiger partial charge on any atom is 0.150 e. The maximum atomic E-state index is 12.2. The molecule has 2 rings (SSSR count). The van der Waals surface area contributed by atoms with Crippen LogP contribution in [0.25, 0.3) is 0 Å². The van der Waals surface area contributed by atoms with Crippen LogP contribution < -0.4 is 0 Å². The van der Waals surface area contributed by atoms with Crippen molar-refractivity contribution in [1.82, 2.24) is 0 Å². The zero-order valence-corrected chi connectivity index (χ0v) is 11.5. The van der Waals surface area contributed by atoms with Gasteiger partial charge in [0.1, 0.15) is 5.78 Å². The van der Waals surface area contributed by atoms with Gasteiger partial charge in [0.05, 0.1) is 5.25 Å². The molecule has 1 unspecified atom stereocenters. The lowest BCUT2D eigenvalue weighted by atomic mass is 9.98. The van der Waals surface area contributed by atoms with E-state index < -0.39 is 0 Å². The molecule has 0 bridgehead atoms. The van der Waals surface area contributed by atoms with Crippen molar-refractivity contribution in [2.45, 2.75) is 44.8 Å². The quantitative estimate of drug-likeness (QED) is 0.811. The second-order valence-corrected chi connectivity index (χ2v) is 6.24. The molecule has 92 valence electrons. The summed E-state index contributed by atoms with van der Waals surface area (Å²) in [5.74, 6) is 1.58. The lowest BCUT2D eigenvalue weighted by Gasteiger charge is -2.20. The van der Waals surface area contributed by atoms with E-state index in [1.807, 2.05) is 11.8 Å². The number of thioether (sulfide) groups is 1. The molecular formula is C15H20OS. The van der Waals surface area contributed by atoms with Crippen molar-refractivity contribution in [2.75, 3.05) is 5.75 Å². The van der Waals surface area contributed by atoms with Crippen molar-refractivity contribution in [1.29, 1.82) is 0 Å². The average molecular weight is 248 g/mol. The van der Waals surface area contributed by atoms with Crippen molar-refractivity contribution in [3.63, 3.8) is 0 Å². The van der Waals surface area contributed by atoms with E-state index in [0.717, 1.165) is 12.2 Å². The average Bonchev–Trinajstić information content (AvgIpc) is 2.35. The molecule has 0 N–H and O–H groups in total. The smallest absolute Gasteiger partial charge is 0.150 e. The van der Waals surface area contributed by atoms with Crippen molar-refractivity contribution in [3.05, 3.63) is 34.9 Å². The molecule has 2 heteroatoms. The van der Waals surface area contributed by atoms with Gasteiger partial charge in [0.2, 0.25) is 0 Å². The molecule has 0 spiro atoms. The van der Waals surface area contributed by atoms with E-state index in [1.54, 1.807) is 0 Å². The van der Waals surface area contributed by atoms with Crippen LogP contribution in [0.2, 0.25) is 0 Å². The van der Waals surface area contributed by atoms with E-state index in [2.05, 4.69) is 32.0 Å². The lowest BCUT2D eigenvalue weighted by Crippen LogP contribution is -2.22. The molecule has 0 radical (unpaired) electrons. The highest BCUT2D eigenvalue weighted by molar-refractivity contribution is 8.00. The molecule has 1 fully saturated rings. The first kappa shape index (κ1) is 12.7. The Balaban J connectivity index is 2.04. The molecule has 0 aromatic heterocycles. The lowest BCUT2D eigenvalue weighted by molar-refractivity contribution is -0.118. The number of ketones is 1. The van der Waals surface area contributed by atoms with E-state index in [9.17, 15) is 4.79 Å². The third-order valence-corrected chi connectivity index (χ3v) is 4.83. The standard InChI is InChI=1S/C15H20OS/c1-11-6-7-12(2)13(9-11)10-14(16)15-5-3-4-8-17-15/h6-7,9,15H,3-5,8,10H2,1-2H3. The number of benzene rings is 1. The van der Waals surface area contributed by atoms with Gasteiger partial charge in [-0.05, 0) is 43.6 Å². The first-order chi connectivity index (χ1) is 8.16. The number of carbonyl (C=O) groups is 1. The molecule has 1 aromatic rings. The summed E-state index contributed by atoms with van der Waals surface area (Å²) < 4.78 is 0. The highest BCUT2D eigenvalue weighted by Gasteiger charge is 2.21. The summed E-state index contributed by atoms with van der Waals surface area (Å²) in [6.45, 7) is 4.18. The van der Waals surface area contributed by atoms with Crippen LogP contribution in [0.5, 0.6) is 0 Å². The van der Waals surface area contributed by atoms with Crippen molar-refractivity contribution < 1.29 is 4.79 Å². The number of Topliss-reactive ketones (excluding diaryl/α,β-unsaturated/α-hetero) is 1. The molecule has 0 aliphatic carbocycles. The van der Waals surface area contributed by atoms with Gasteiger partial charge in [-0.15, -0.1) is 0 Å². The normalized spacial score (nSPS) is 20.2. The number of aryl methyl sites for hydroxylation is 2. The number of rotatable bonds is 3. The Kier molecular flexibility index (Phi) is 4.27. The monoisotopic (exact) mass is 248 g/mol. The minimum absolute atomic E-state index is 0.253. The van der Waals surface area contributed by atoms with E-state index in [1.165, 1.54) is 29.5 Å². The summed E-state index contributed by atoms with van der Waals surface area (Å²) in [4.78, 5) is 12.2. The molecule has 1 aromatic carbocycles. The zero-order chi connectivity index (χ0) is 12.3. The third kappa shape index (κ3) is 3.35. The summed E-state index contributed by atoms with van der Waals surface area (Å²) in [7, 11) is 0. The Labute approximate surface area is 108 Å². The molecule has 0 saturated carbocycles. The van der Waals surface area contributed by atoms with Crippen molar-refractivity contribution in [2.24, 2.45) is 0 Å². The Morgan fingerprint density at radius 2 is 2.18 bits per heavy atom. The molecule has 0 amide bonds. The van der Waals surface area contributed by atoms with Gasteiger partial charge < -0.3 is 0 Å². The predicted octanol–water partition coefficient (Wildman–Crippen LogP) is 3.70. The largest absolute Gasteiger partial charge is 0.298 e. The van der Waals surface area contributed by atoms with Gasteiger partial charge in [-0.2, -0.15) is 11.8 Å². The molecule has 1 saturated heterocycles. The highest BCUT2D eigenvalue weighted by Crippen LogP contribution is 2.27. The molecular weight excluding hydrogens is 228 g/mol. The zero-order valence-electron chi connectivity index (χ0n) is 10.7. The van der Waals surface area contributed by atoms with Crippen molar-refractivity contribution >= 4 is 17.5 Å². The maximum absolute atomic E-state index is 12.2. The minimum atomic E-state index is 0.253. The van der Waals surface area contributed by atoms with Crippen LogP contribution in [0, 0.1) is 13.8 Å². The summed E-state index contributed by atoms with van der Waals surface area (Å²) in [5, 5.41) is 0.253. The van der Waals surface area contributed by atoms with Gasteiger partial charge in [0.15, 0.2) is 0 Å². The second-order valence-electron chi connectivity index (χ2n) is 4.93. The summed E-state index contributed by atoms with van der Waals surface area (Å²) in [5.41, 5.74) is 3.70. The summed E-state index contributed by atoms with van der Waals surface area (Å²) in [6, 6.07) is 6.38. The Hall–Kier alpha value is -0.760. The fourth-order valence-corrected chi connectivity index (χ4v) is 3.54. The van der Waals surface area contributed by atoms with E-state index in [4.69, 9.17) is 0 Å². The number of carbonyl (C=O) groups excluding carboxylic acids is 1. The van der Waals surface area contributed by atoms with Gasteiger partial charge in [0, 0.05) is 6.42 Å². The van der Waals surface area contributed by atoms with Crippen LogP contribution in [0.1, 0.15) is 36.0 Å². The number of hydrogen-bond acceptors (Lipinski definition) is 2. The van der Waals surface area contributed by atoms with Crippen molar-refractivity contribution in [3.8, 4) is 0 Å². The first-order valence-corrected chi connectivity index (χ1v) is 7.42. The third-order valence-electron chi connectivity index (χ3n) is 3.41. The molecule has 1 aliphatic heterocycles. The molecule has 1 heterocycles. The predicted molar refractivity (Wildman–Crippen MR) is 74.7 cm³/mol. The summed E-state index contributed by atoms with van der Waals surface area (Å²) in [6.07, 6.45) is 4.19. The van der Waals surface area contributed by atoms with Crippen LogP contribution in [0.3, 0.4) is 0 Å². The molecule has 17 heavy (non-hydrogen) atoms. The number of hydrogen-bond donors (Lipinski definition) is 0. The molecule has 1 nitrogen and oxygen atoms in total. The topological polar surface area (TPSA) is 17.1 Å². The Morgan fingerprint density at radius 1 is 1.35 bits per heavy atom. The van der Waals surface area contributed by atoms with E-state index in [0.29, 0.717) is 12.2 Å². The fraction of sp³-hybridized carbons (Fsp3) is 0.533. The molecule has 1 aliphatic rings. The molecule has 1 atom stereocenters. The minimum Gasteiger partial charge on any atom is -0.298 e. The van der Waals surface area contributed by atoms with Crippen LogP contribution in [-0.2, 0) is 11.2 Å². The van der Waals surface area contributed by atoms with Crippen LogP contribution in [0.4, 0.5) is 0 Å². The summed E-state index contributed by atoms with van der Waals surface area (Å²) >= 11 is 1.85. The van der Waals surface area contributed by atoms with Gasteiger partial charge in [-0.1, -0.05) is 30.2 Å². The van der Waals surface area contributed by atoms with Crippen LogP contribution >= 0.6 is 11.8 Å². The van der Waals surface area contributed by atoms with Gasteiger partial charge >= 0.3 is 0 Å². The van der Waals surface area contributed by atoms with Gasteiger partial charge in [-0.25, -0.2) is 0 Å². The first-order valence-electron chi connectivity index (χ1n) is 6.37. The SMILES string of the molecule is Cc1ccc(C)c(CC(=O)C2CCCCS2)c1. The fourth-order valence-electron chi connectivity index (χ4n) is 2.29. The van der Waals surface area contributed by atoms with Crippen LogP contribution in [-0.4, -0.2) is 16.8 Å². The van der Waals surface area contributed by atoms with E-state index in [-0.39, 0.29) is 5.25 Å². The van der Waals surface area contributed by atoms with Crippen LogP contribution in [0.15, 0.2) is 18.2 Å². The highest BCUT2D eigenvalue weighted by atomic mass is 32.2. The van der Waals surface area contributed by atoms with E-state index >= 15 is 0 Å². The van der Waals surface area contributed by atoms with Gasteiger partial charge in [-0.3, -0.25) is 4.79 Å².